The maximum absolute atomic E-state index is 6.63. The number of pyridine rings is 1. The van der Waals surface area contributed by atoms with Gasteiger partial charge in [0.1, 0.15) is 5.52 Å². The molecule has 1 N–H and O–H groups in total. The van der Waals surface area contributed by atoms with Crippen LogP contribution in [0.1, 0.15) is 0 Å². The van der Waals surface area contributed by atoms with Gasteiger partial charge in [0.15, 0.2) is 5.82 Å². The number of anilines is 2. The van der Waals surface area contributed by atoms with Crippen LogP contribution in [0.15, 0.2) is 66.9 Å². The summed E-state index contributed by atoms with van der Waals surface area (Å²) >= 11 is 6.63. The van der Waals surface area contributed by atoms with E-state index in [2.05, 4.69) is 15.4 Å². The summed E-state index contributed by atoms with van der Waals surface area (Å²) in [7, 11) is 1.90. The number of aromatic nitrogens is 3. The summed E-state index contributed by atoms with van der Waals surface area (Å²) in [5.41, 5.74) is 4.66. The van der Waals surface area contributed by atoms with Gasteiger partial charge in [-0.3, -0.25) is 9.67 Å². The number of benzene rings is 2. The number of aryl methyl sites for hydroxylation is 1. The van der Waals surface area contributed by atoms with Crippen LogP contribution >= 0.6 is 11.6 Å². The van der Waals surface area contributed by atoms with E-state index in [9.17, 15) is 0 Å². The fourth-order valence-corrected chi connectivity index (χ4v) is 3.05. The lowest BCUT2D eigenvalue weighted by Gasteiger charge is -2.10. The average molecular weight is 335 g/mol. The van der Waals surface area contributed by atoms with E-state index in [0.717, 1.165) is 27.8 Å². The molecule has 0 aliphatic rings. The van der Waals surface area contributed by atoms with Crippen molar-refractivity contribution in [1.82, 2.24) is 14.8 Å². The minimum Gasteiger partial charge on any atom is -0.336 e. The van der Waals surface area contributed by atoms with E-state index >= 15 is 0 Å². The van der Waals surface area contributed by atoms with Crippen LogP contribution < -0.4 is 5.32 Å². The SMILES string of the molecule is Cn1nc(Nc2cccc(-c3ccccc3)c2Cl)c2ncccc21. The Kier molecular flexibility index (Phi) is 3.67. The molecule has 24 heavy (non-hydrogen) atoms. The predicted octanol–water partition coefficient (Wildman–Crippen LogP) is 5.03. The van der Waals surface area contributed by atoms with E-state index in [4.69, 9.17) is 11.6 Å². The van der Waals surface area contributed by atoms with Crippen molar-refractivity contribution in [3.63, 3.8) is 0 Å². The van der Waals surface area contributed by atoms with E-state index in [1.54, 1.807) is 10.9 Å². The second-order valence-electron chi connectivity index (χ2n) is 5.50. The topological polar surface area (TPSA) is 42.7 Å². The van der Waals surface area contributed by atoms with Crippen LogP contribution in [-0.4, -0.2) is 14.8 Å². The van der Waals surface area contributed by atoms with E-state index in [1.807, 2.05) is 67.7 Å². The first kappa shape index (κ1) is 14.7. The van der Waals surface area contributed by atoms with Gasteiger partial charge >= 0.3 is 0 Å². The summed E-state index contributed by atoms with van der Waals surface area (Å²) in [6, 6.07) is 19.9. The first-order valence-corrected chi connectivity index (χ1v) is 8.00. The average Bonchev–Trinajstić information content (AvgIpc) is 2.94. The Morgan fingerprint density at radius 2 is 1.79 bits per heavy atom. The van der Waals surface area contributed by atoms with Gasteiger partial charge in [-0.15, -0.1) is 0 Å². The molecule has 0 unspecified atom stereocenters. The van der Waals surface area contributed by atoms with Gasteiger partial charge in [-0.1, -0.05) is 54.1 Å². The first-order chi connectivity index (χ1) is 11.7. The van der Waals surface area contributed by atoms with Crippen molar-refractivity contribution in [2.45, 2.75) is 0 Å². The lowest BCUT2D eigenvalue weighted by atomic mass is 10.1. The Morgan fingerprint density at radius 1 is 0.958 bits per heavy atom. The molecule has 5 heteroatoms. The number of hydrogen-bond donors (Lipinski definition) is 1. The fraction of sp³-hybridized carbons (Fsp3) is 0.0526. The van der Waals surface area contributed by atoms with Crippen LogP contribution in [0.5, 0.6) is 0 Å². The predicted molar refractivity (Wildman–Crippen MR) is 98.7 cm³/mol. The summed E-state index contributed by atoms with van der Waals surface area (Å²) < 4.78 is 1.81. The zero-order valence-corrected chi connectivity index (χ0v) is 13.8. The molecule has 0 saturated carbocycles. The van der Waals surface area contributed by atoms with Gasteiger partial charge < -0.3 is 5.32 Å². The second kappa shape index (κ2) is 5.98. The zero-order chi connectivity index (χ0) is 16.5. The summed E-state index contributed by atoms with van der Waals surface area (Å²) in [4.78, 5) is 4.42. The lowest BCUT2D eigenvalue weighted by Crippen LogP contribution is -1.95. The molecule has 0 aliphatic carbocycles. The third-order valence-electron chi connectivity index (χ3n) is 3.95. The Morgan fingerprint density at radius 3 is 2.62 bits per heavy atom. The van der Waals surface area contributed by atoms with Crippen molar-refractivity contribution >= 4 is 34.1 Å². The van der Waals surface area contributed by atoms with E-state index in [-0.39, 0.29) is 0 Å². The molecule has 2 aromatic heterocycles. The molecule has 0 spiro atoms. The van der Waals surface area contributed by atoms with Crippen LogP contribution in [0.3, 0.4) is 0 Å². The number of fused-ring (bicyclic) bond motifs is 1. The highest BCUT2D eigenvalue weighted by molar-refractivity contribution is 6.36. The minimum absolute atomic E-state index is 0.665. The van der Waals surface area contributed by atoms with Gasteiger partial charge in [0, 0.05) is 18.8 Å². The molecule has 0 saturated heterocycles. The van der Waals surface area contributed by atoms with Crippen LogP contribution in [-0.2, 0) is 7.05 Å². The second-order valence-corrected chi connectivity index (χ2v) is 5.88. The molecule has 0 amide bonds. The van der Waals surface area contributed by atoms with Gasteiger partial charge in [-0.2, -0.15) is 5.10 Å². The largest absolute Gasteiger partial charge is 0.336 e. The molecule has 2 aromatic carbocycles. The fourth-order valence-electron chi connectivity index (χ4n) is 2.77. The van der Waals surface area contributed by atoms with Crippen molar-refractivity contribution in [2.24, 2.45) is 7.05 Å². The number of nitrogens with one attached hydrogen (secondary N) is 1. The molecule has 0 aliphatic heterocycles. The molecule has 0 bridgehead atoms. The normalized spacial score (nSPS) is 10.9. The van der Waals surface area contributed by atoms with Crippen LogP contribution in [0.25, 0.3) is 22.2 Å². The Labute approximate surface area is 144 Å². The highest BCUT2D eigenvalue weighted by atomic mass is 35.5. The third kappa shape index (κ3) is 2.51. The highest BCUT2D eigenvalue weighted by Gasteiger charge is 2.13. The van der Waals surface area contributed by atoms with Gasteiger partial charge in [0.05, 0.1) is 16.2 Å². The lowest BCUT2D eigenvalue weighted by molar-refractivity contribution is 0.801. The molecule has 4 aromatic rings. The van der Waals surface area contributed by atoms with Crippen molar-refractivity contribution in [3.05, 3.63) is 71.9 Å². The summed E-state index contributed by atoms with van der Waals surface area (Å²) in [6.45, 7) is 0. The number of hydrogen-bond acceptors (Lipinski definition) is 3. The molecule has 4 rings (SSSR count). The van der Waals surface area contributed by atoms with Crippen molar-refractivity contribution in [2.75, 3.05) is 5.32 Å². The van der Waals surface area contributed by atoms with Crippen molar-refractivity contribution < 1.29 is 0 Å². The van der Waals surface area contributed by atoms with Gasteiger partial charge in [0.25, 0.3) is 0 Å². The molecule has 0 radical (unpaired) electrons. The maximum Gasteiger partial charge on any atom is 0.179 e. The minimum atomic E-state index is 0.665. The quantitative estimate of drug-likeness (QED) is 0.571. The smallest absolute Gasteiger partial charge is 0.179 e. The monoisotopic (exact) mass is 334 g/mol. The Bertz CT molecular complexity index is 1010. The molecular weight excluding hydrogens is 320 g/mol. The molecule has 118 valence electrons. The van der Waals surface area contributed by atoms with Crippen LogP contribution in [0.2, 0.25) is 5.02 Å². The van der Waals surface area contributed by atoms with Crippen LogP contribution in [0, 0.1) is 0 Å². The Hall–Kier alpha value is -2.85. The third-order valence-corrected chi connectivity index (χ3v) is 4.35. The molecule has 0 fully saturated rings. The van der Waals surface area contributed by atoms with E-state index in [0.29, 0.717) is 10.8 Å². The highest BCUT2D eigenvalue weighted by Crippen LogP contribution is 2.35. The number of rotatable bonds is 3. The van der Waals surface area contributed by atoms with Crippen molar-refractivity contribution in [3.8, 4) is 11.1 Å². The molecule has 2 heterocycles. The summed E-state index contributed by atoms with van der Waals surface area (Å²) in [6.07, 6.45) is 1.76. The molecule has 4 nitrogen and oxygen atoms in total. The molecular formula is C19H15ClN4. The van der Waals surface area contributed by atoms with Gasteiger partial charge in [-0.05, 0) is 23.8 Å². The summed E-state index contributed by atoms with van der Waals surface area (Å²) in [5.74, 6) is 0.695. The van der Waals surface area contributed by atoms with Crippen molar-refractivity contribution in [1.29, 1.82) is 0 Å². The Balaban J connectivity index is 1.78. The maximum atomic E-state index is 6.63. The summed E-state index contributed by atoms with van der Waals surface area (Å²) in [5, 5.41) is 8.50. The first-order valence-electron chi connectivity index (χ1n) is 7.63. The number of nitrogens with zero attached hydrogens (tertiary/aromatic N) is 3. The van der Waals surface area contributed by atoms with Crippen LogP contribution in [0.4, 0.5) is 11.5 Å². The van der Waals surface area contributed by atoms with Gasteiger partial charge in [-0.25, -0.2) is 0 Å². The van der Waals surface area contributed by atoms with E-state index in [1.165, 1.54) is 0 Å². The standard InChI is InChI=1S/C19H15ClN4/c1-24-16-11-6-12-21-18(16)19(23-24)22-15-10-5-9-14(17(15)20)13-7-3-2-4-8-13/h2-12H,1H3,(H,22,23). The molecule has 0 atom stereocenters. The van der Waals surface area contributed by atoms with Gasteiger partial charge in [0.2, 0.25) is 0 Å². The zero-order valence-electron chi connectivity index (χ0n) is 13.1. The number of halogens is 1. The van der Waals surface area contributed by atoms with E-state index < -0.39 is 0 Å².